The van der Waals surface area contributed by atoms with Gasteiger partial charge in [0.05, 0.1) is 0 Å². The van der Waals surface area contributed by atoms with Crippen molar-refractivity contribution in [3.8, 4) is 0 Å². The molecule has 0 aliphatic carbocycles. The van der Waals surface area contributed by atoms with E-state index in [1.807, 2.05) is 37.3 Å². The van der Waals surface area contributed by atoms with Gasteiger partial charge in [0, 0.05) is 13.0 Å². The molecule has 2 atom stereocenters. The summed E-state index contributed by atoms with van der Waals surface area (Å²) < 4.78 is 1.61. The number of tetrazole rings is 1. The van der Waals surface area contributed by atoms with Crippen molar-refractivity contribution >= 4 is 18.3 Å². The highest BCUT2D eigenvalue weighted by molar-refractivity contribution is 5.85. The number of nitrogens with one attached hydrogen (secondary N) is 2. The van der Waals surface area contributed by atoms with Crippen molar-refractivity contribution in [1.82, 2.24) is 30.8 Å². The fraction of sp³-hybridized carbons (Fsp3) is 0.529. The summed E-state index contributed by atoms with van der Waals surface area (Å²) in [5, 5.41) is 18.1. The molecule has 0 bridgehead atoms. The molecule has 1 aliphatic heterocycles. The number of hydrogen-bond donors (Lipinski definition) is 2. The van der Waals surface area contributed by atoms with Crippen LogP contribution in [0.25, 0.3) is 0 Å². The van der Waals surface area contributed by atoms with Gasteiger partial charge in [-0.2, -0.15) is 0 Å². The van der Waals surface area contributed by atoms with Gasteiger partial charge in [-0.15, -0.1) is 17.5 Å². The molecule has 136 valence electrons. The van der Waals surface area contributed by atoms with E-state index in [0.29, 0.717) is 24.7 Å². The summed E-state index contributed by atoms with van der Waals surface area (Å²) >= 11 is 0. The lowest BCUT2D eigenvalue weighted by molar-refractivity contribution is -0.124. The van der Waals surface area contributed by atoms with Crippen LogP contribution in [0.3, 0.4) is 0 Å². The Labute approximate surface area is 154 Å². The van der Waals surface area contributed by atoms with Crippen LogP contribution in [0.5, 0.6) is 0 Å². The van der Waals surface area contributed by atoms with Gasteiger partial charge < -0.3 is 10.6 Å². The van der Waals surface area contributed by atoms with Crippen molar-refractivity contribution in [3.05, 3.63) is 41.7 Å². The third kappa shape index (κ3) is 5.24. The van der Waals surface area contributed by atoms with Crippen LogP contribution in [0.15, 0.2) is 30.3 Å². The average Bonchev–Trinajstić information content (AvgIpc) is 3.05. The van der Waals surface area contributed by atoms with E-state index in [1.165, 1.54) is 6.42 Å². The molecule has 3 rings (SSSR count). The molecule has 1 aliphatic rings. The minimum Gasteiger partial charge on any atom is -0.354 e. The minimum atomic E-state index is -0.432. The van der Waals surface area contributed by atoms with E-state index in [2.05, 4.69) is 26.2 Å². The number of nitrogens with zero attached hydrogens (tertiary/aromatic N) is 4. The number of piperidine rings is 1. The zero-order valence-electron chi connectivity index (χ0n) is 14.4. The second-order valence-corrected chi connectivity index (χ2v) is 6.33. The quantitative estimate of drug-likeness (QED) is 0.807. The van der Waals surface area contributed by atoms with Gasteiger partial charge in [-0.25, -0.2) is 4.68 Å². The number of rotatable bonds is 6. The van der Waals surface area contributed by atoms with Crippen LogP contribution < -0.4 is 10.6 Å². The van der Waals surface area contributed by atoms with E-state index in [0.717, 1.165) is 25.1 Å². The standard InChI is InChI=1S/C17H24N6O.ClH/c1-13-20-21-22-23(13)16(10-14-6-3-2-4-7-14)17(24)19-12-15-8-5-9-18-11-15;/h2-4,6-7,15-16,18H,5,8-12H2,1H3,(H,19,24);1H. The molecule has 0 radical (unpaired) electrons. The fourth-order valence-corrected chi connectivity index (χ4v) is 3.11. The van der Waals surface area contributed by atoms with Gasteiger partial charge >= 0.3 is 0 Å². The molecule has 1 amide bonds. The SMILES string of the molecule is Cc1nnnn1C(Cc1ccccc1)C(=O)NCC1CCCNC1.Cl. The molecule has 2 heterocycles. The summed E-state index contributed by atoms with van der Waals surface area (Å²) in [4.78, 5) is 12.8. The molecule has 7 nitrogen and oxygen atoms in total. The Morgan fingerprint density at radius 1 is 1.40 bits per heavy atom. The molecule has 1 aromatic carbocycles. The first kappa shape index (κ1) is 19.3. The molecule has 1 saturated heterocycles. The summed E-state index contributed by atoms with van der Waals surface area (Å²) in [6.07, 6.45) is 2.89. The Morgan fingerprint density at radius 2 is 2.20 bits per heavy atom. The summed E-state index contributed by atoms with van der Waals surface area (Å²) in [6.45, 7) is 4.55. The topological polar surface area (TPSA) is 84.7 Å². The van der Waals surface area contributed by atoms with Crippen LogP contribution in [-0.2, 0) is 11.2 Å². The molecule has 1 aromatic heterocycles. The molecular weight excluding hydrogens is 340 g/mol. The van der Waals surface area contributed by atoms with Crippen molar-refractivity contribution < 1.29 is 4.79 Å². The highest BCUT2D eigenvalue weighted by Crippen LogP contribution is 2.16. The van der Waals surface area contributed by atoms with E-state index >= 15 is 0 Å². The van der Waals surface area contributed by atoms with Crippen molar-refractivity contribution in [3.63, 3.8) is 0 Å². The van der Waals surface area contributed by atoms with E-state index in [1.54, 1.807) is 4.68 Å². The largest absolute Gasteiger partial charge is 0.354 e. The molecule has 0 saturated carbocycles. The van der Waals surface area contributed by atoms with E-state index in [-0.39, 0.29) is 18.3 Å². The maximum absolute atomic E-state index is 12.8. The first-order valence-electron chi connectivity index (χ1n) is 8.51. The Balaban J connectivity index is 0.00000225. The summed E-state index contributed by atoms with van der Waals surface area (Å²) in [5.74, 6) is 1.11. The van der Waals surface area contributed by atoms with Crippen molar-refractivity contribution in [2.45, 2.75) is 32.2 Å². The van der Waals surface area contributed by atoms with Crippen molar-refractivity contribution in [2.75, 3.05) is 19.6 Å². The number of halogens is 1. The Hall–Kier alpha value is -1.99. The average molecular weight is 365 g/mol. The van der Waals surface area contributed by atoms with Gasteiger partial charge in [0.2, 0.25) is 5.91 Å². The number of benzene rings is 1. The Kier molecular flexibility index (Phi) is 7.33. The molecule has 2 unspecified atom stereocenters. The lowest BCUT2D eigenvalue weighted by Crippen LogP contribution is -2.41. The summed E-state index contributed by atoms with van der Waals surface area (Å²) in [7, 11) is 0. The fourth-order valence-electron chi connectivity index (χ4n) is 3.11. The molecular formula is C17H25ClN6O. The Morgan fingerprint density at radius 3 is 2.84 bits per heavy atom. The second kappa shape index (κ2) is 9.48. The van der Waals surface area contributed by atoms with Crippen LogP contribution in [0.4, 0.5) is 0 Å². The number of amides is 1. The number of aryl methyl sites for hydroxylation is 1. The van der Waals surface area contributed by atoms with Crippen LogP contribution in [0, 0.1) is 12.8 Å². The minimum absolute atomic E-state index is 0. The first-order valence-corrected chi connectivity index (χ1v) is 8.51. The molecule has 2 aromatic rings. The van der Waals surface area contributed by atoms with Gasteiger partial charge in [0.1, 0.15) is 11.9 Å². The van der Waals surface area contributed by atoms with Gasteiger partial charge in [-0.3, -0.25) is 4.79 Å². The van der Waals surface area contributed by atoms with Crippen LogP contribution in [0.2, 0.25) is 0 Å². The molecule has 0 spiro atoms. The normalized spacial score (nSPS) is 18.2. The van der Waals surface area contributed by atoms with Crippen molar-refractivity contribution in [2.24, 2.45) is 5.92 Å². The van der Waals surface area contributed by atoms with Crippen LogP contribution in [-0.4, -0.2) is 45.7 Å². The van der Waals surface area contributed by atoms with Gasteiger partial charge in [-0.05, 0) is 54.8 Å². The second-order valence-electron chi connectivity index (χ2n) is 6.33. The highest BCUT2D eigenvalue weighted by atomic mass is 35.5. The van der Waals surface area contributed by atoms with Crippen molar-refractivity contribution in [1.29, 1.82) is 0 Å². The summed E-state index contributed by atoms with van der Waals surface area (Å²) in [6, 6.07) is 9.53. The maximum Gasteiger partial charge on any atom is 0.245 e. The van der Waals surface area contributed by atoms with Crippen LogP contribution >= 0.6 is 12.4 Å². The van der Waals surface area contributed by atoms with Gasteiger partial charge in [0.15, 0.2) is 0 Å². The third-order valence-electron chi connectivity index (χ3n) is 4.49. The predicted molar refractivity (Wildman–Crippen MR) is 97.6 cm³/mol. The smallest absolute Gasteiger partial charge is 0.245 e. The van der Waals surface area contributed by atoms with Gasteiger partial charge in [0.25, 0.3) is 0 Å². The van der Waals surface area contributed by atoms with E-state index in [9.17, 15) is 4.79 Å². The number of carbonyl (C=O) groups is 1. The number of carbonyl (C=O) groups excluding carboxylic acids is 1. The zero-order valence-corrected chi connectivity index (χ0v) is 15.2. The lowest BCUT2D eigenvalue weighted by atomic mass is 9.99. The van der Waals surface area contributed by atoms with E-state index < -0.39 is 6.04 Å². The van der Waals surface area contributed by atoms with E-state index in [4.69, 9.17) is 0 Å². The Bertz CT molecular complexity index is 656. The molecule has 8 heteroatoms. The summed E-state index contributed by atoms with van der Waals surface area (Å²) in [5.41, 5.74) is 1.09. The molecule has 1 fully saturated rings. The first-order chi connectivity index (χ1) is 11.7. The van der Waals surface area contributed by atoms with Gasteiger partial charge in [-0.1, -0.05) is 30.3 Å². The number of aromatic nitrogens is 4. The monoisotopic (exact) mass is 364 g/mol. The zero-order chi connectivity index (χ0) is 16.8. The number of hydrogen-bond acceptors (Lipinski definition) is 5. The maximum atomic E-state index is 12.8. The lowest BCUT2D eigenvalue weighted by Gasteiger charge is -2.24. The van der Waals surface area contributed by atoms with Crippen LogP contribution in [0.1, 0.15) is 30.3 Å². The highest BCUT2D eigenvalue weighted by Gasteiger charge is 2.25. The molecule has 25 heavy (non-hydrogen) atoms. The predicted octanol–water partition coefficient (Wildman–Crippen LogP) is 1.30. The third-order valence-corrected chi connectivity index (χ3v) is 4.49. The molecule has 2 N–H and O–H groups in total.